The molecule has 3 rings (SSSR count). The molecule has 2 aromatic rings. The van der Waals surface area contributed by atoms with Crippen LogP contribution in [0, 0.1) is 12.7 Å². The van der Waals surface area contributed by atoms with Crippen molar-refractivity contribution >= 4 is 0 Å². The van der Waals surface area contributed by atoms with Crippen LogP contribution in [0.25, 0.3) is 11.4 Å². The molecule has 1 aliphatic heterocycles. The number of hydrogen-bond acceptors (Lipinski definition) is 3. The zero-order chi connectivity index (χ0) is 15.2. The Hall–Kier alpha value is -2.02. The van der Waals surface area contributed by atoms with Crippen molar-refractivity contribution in [2.75, 3.05) is 0 Å². The number of rotatable bonds is 1. The van der Waals surface area contributed by atoms with Crippen LogP contribution in [0.3, 0.4) is 0 Å². The lowest BCUT2D eigenvalue weighted by Crippen LogP contribution is -2.10. The van der Waals surface area contributed by atoms with E-state index in [1.807, 2.05) is 0 Å². The molecule has 1 aromatic heterocycles. The molecule has 2 heterocycles. The molecule has 0 atom stereocenters. The average molecular weight is 297 g/mol. The molecule has 0 saturated carbocycles. The lowest BCUT2D eigenvalue weighted by molar-refractivity contribution is -0.137. The van der Waals surface area contributed by atoms with Gasteiger partial charge in [-0.1, -0.05) is 0 Å². The van der Waals surface area contributed by atoms with E-state index in [4.69, 9.17) is 0 Å². The smallest absolute Gasteiger partial charge is 0.307 e. The number of halogens is 4. The Morgan fingerprint density at radius 1 is 1.14 bits per heavy atom. The van der Waals surface area contributed by atoms with Crippen molar-refractivity contribution in [1.29, 1.82) is 0 Å². The van der Waals surface area contributed by atoms with E-state index in [1.165, 1.54) is 0 Å². The third-order valence-electron chi connectivity index (χ3n) is 3.42. The molecule has 21 heavy (non-hydrogen) atoms. The number of nitrogens with one attached hydrogen (secondary N) is 1. The second kappa shape index (κ2) is 4.77. The van der Waals surface area contributed by atoms with Crippen LogP contribution < -0.4 is 5.32 Å². The molecule has 1 aromatic carbocycles. The normalized spacial score (nSPS) is 14.3. The predicted octanol–water partition coefficient (Wildman–Crippen LogP) is 3.21. The Kier molecular flexibility index (Phi) is 3.16. The summed E-state index contributed by atoms with van der Waals surface area (Å²) in [6.07, 6.45) is -4.66. The van der Waals surface area contributed by atoms with E-state index in [0.717, 1.165) is 17.7 Å². The molecule has 1 N–H and O–H groups in total. The average Bonchev–Trinajstić information content (AvgIpc) is 2.86. The van der Waals surface area contributed by atoms with Crippen molar-refractivity contribution in [2.45, 2.75) is 26.2 Å². The molecule has 0 unspecified atom stereocenters. The van der Waals surface area contributed by atoms with Crippen LogP contribution in [0.4, 0.5) is 17.6 Å². The first-order chi connectivity index (χ1) is 9.86. The summed E-state index contributed by atoms with van der Waals surface area (Å²) in [4.78, 5) is 8.34. The van der Waals surface area contributed by atoms with Gasteiger partial charge >= 0.3 is 6.18 Å². The van der Waals surface area contributed by atoms with Gasteiger partial charge in [0.2, 0.25) is 0 Å². The fraction of sp³-hybridized carbons (Fsp3) is 0.286. The zero-order valence-corrected chi connectivity index (χ0v) is 11.1. The first-order valence-corrected chi connectivity index (χ1v) is 6.30. The second-order valence-corrected chi connectivity index (χ2v) is 4.85. The number of aryl methyl sites for hydroxylation is 1. The molecule has 3 nitrogen and oxygen atoms in total. The molecule has 110 valence electrons. The molecular weight excluding hydrogens is 286 g/mol. The van der Waals surface area contributed by atoms with Gasteiger partial charge < -0.3 is 5.32 Å². The van der Waals surface area contributed by atoms with Gasteiger partial charge in [-0.25, -0.2) is 14.4 Å². The Morgan fingerprint density at radius 3 is 2.62 bits per heavy atom. The molecule has 0 aliphatic carbocycles. The van der Waals surface area contributed by atoms with Gasteiger partial charge in [-0.15, -0.1) is 0 Å². The first kappa shape index (κ1) is 13.9. The minimum atomic E-state index is -4.66. The van der Waals surface area contributed by atoms with Crippen molar-refractivity contribution in [3.05, 3.63) is 46.5 Å². The Bertz CT molecular complexity index is 710. The summed E-state index contributed by atoms with van der Waals surface area (Å²) in [6.45, 7) is 2.83. The Labute approximate surface area is 118 Å². The molecule has 0 saturated heterocycles. The Morgan fingerprint density at radius 2 is 1.90 bits per heavy atom. The van der Waals surface area contributed by atoms with Crippen molar-refractivity contribution in [3.8, 4) is 11.4 Å². The highest BCUT2D eigenvalue weighted by Gasteiger charge is 2.35. The van der Waals surface area contributed by atoms with Crippen LogP contribution >= 0.6 is 0 Å². The summed E-state index contributed by atoms with van der Waals surface area (Å²) in [5.41, 5.74) is 0.969. The zero-order valence-electron chi connectivity index (χ0n) is 11.1. The summed E-state index contributed by atoms with van der Waals surface area (Å²) in [5.74, 6) is -0.965. The minimum Gasteiger partial charge on any atom is -0.307 e. The topological polar surface area (TPSA) is 37.8 Å². The second-order valence-electron chi connectivity index (χ2n) is 4.85. The van der Waals surface area contributed by atoms with E-state index in [9.17, 15) is 17.6 Å². The number of nitrogens with zero attached hydrogens (tertiary/aromatic N) is 2. The van der Waals surface area contributed by atoms with E-state index in [2.05, 4.69) is 15.3 Å². The summed E-state index contributed by atoms with van der Waals surface area (Å²) in [6, 6.07) is 2.52. The summed E-state index contributed by atoms with van der Waals surface area (Å²) >= 11 is 0. The van der Waals surface area contributed by atoms with Crippen molar-refractivity contribution in [2.24, 2.45) is 0 Å². The fourth-order valence-electron chi connectivity index (χ4n) is 2.40. The van der Waals surface area contributed by atoms with E-state index in [1.54, 1.807) is 6.92 Å². The molecule has 0 spiro atoms. The highest BCUT2D eigenvalue weighted by molar-refractivity contribution is 5.62. The quantitative estimate of drug-likeness (QED) is 0.821. The van der Waals surface area contributed by atoms with Gasteiger partial charge in [0.15, 0.2) is 5.82 Å². The first-order valence-electron chi connectivity index (χ1n) is 6.30. The van der Waals surface area contributed by atoms with Crippen LogP contribution in [0.5, 0.6) is 0 Å². The van der Waals surface area contributed by atoms with E-state index in [0.29, 0.717) is 30.5 Å². The largest absolute Gasteiger partial charge is 0.417 e. The molecule has 0 fully saturated rings. The molecular formula is C14H11F4N3. The maximum atomic E-state index is 13.1. The van der Waals surface area contributed by atoms with E-state index < -0.39 is 17.6 Å². The van der Waals surface area contributed by atoms with Gasteiger partial charge in [-0.3, -0.25) is 0 Å². The van der Waals surface area contributed by atoms with E-state index >= 15 is 0 Å². The maximum Gasteiger partial charge on any atom is 0.417 e. The monoisotopic (exact) mass is 297 g/mol. The van der Waals surface area contributed by atoms with Gasteiger partial charge in [0, 0.05) is 29.9 Å². The number of aromatic nitrogens is 2. The number of alkyl halides is 3. The number of hydrogen-bond donors (Lipinski definition) is 1. The highest BCUT2D eigenvalue weighted by Crippen LogP contribution is 2.36. The third-order valence-corrected chi connectivity index (χ3v) is 3.42. The molecule has 0 amide bonds. The standard InChI is InChI=1S/C14H11F4N3/c1-7-10-5-19-6-12(10)21-13(20-7)9-3-2-8(15)4-11(9)14(16,17)18/h2-4,19H,5-6H2,1H3. The summed E-state index contributed by atoms with van der Waals surface area (Å²) in [5, 5.41) is 3.08. The maximum absolute atomic E-state index is 13.1. The van der Waals surface area contributed by atoms with Crippen LogP contribution in [0.1, 0.15) is 22.5 Å². The molecule has 0 radical (unpaired) electrons. The van der Waals surface area contributed by atoms with Crippen LogP contribution in [-0.2, 0) is 19.3 Å². The number of benzene rings is 1. The van der Waals surface area contributed by atoms with E-state index in [-0.39, 0.29) is 11.4 Å². The molecule has 0 bridgehead atoms. The predicted molar refractivity (Wildman–Crippen MR) is 67.7 cm³/mol. The van der Waals surface area contributed by atoms with Crippen molar-refractivity contribution in [3.63, 3.8) is 0 Å². The van der Waals surface area contributed by atoms with Gasteiger partial charge in [-0.05, 0) is 25.1 Å². The summed E-state index contributed by atoms with van der Waals surface area (Å²) in [7, 11) is 0. The SMILES string of the molecule is Cc1nc(-c2ccc(F)cc2C(F)(F)F)nc2c1CNC2. The lowest BCUT2D eigenvalue weighted by atomic mass is 10.1. The van der Waals surface area contributed by atoms with Gasteiger partial charge in [-0.2, -0.15) is 13.2 Å². The minimum absolute atomic E-state index is 0.0257. The fourth-order valence-corrected chi connectivity index (χ4v) is 2.40. The van der Waals surface area contributed by atoms with Gasteiger partial charge in [0.1, 0.15) is 5.82 Å². The highest BCUT2D eigenvalue weighted by atomic mass is 19.4. The van der Waals surface area contributed by atoms with Gasteiger partial charge in [0.05, 0.1) is 11.3 Å². The molecule has 7 heteroatoms. The Balaban J connectivity index is 2.20. The van der Waals surface area contributed by atoms with Crippen LogP contribution in [0.15, 0.2) is 18.2 Å². The van der Waals surface area contributed by atoms with Crippen molar-refractivity contribution < 1.29 is 17.6 Å². The lowest BCUT2D eigenvalue weighted by Gasteiger charge is -2.13. The summed E-state index contributed by atoms with van der Waals surface area (Å²) < 4.78 is 52.3. The third kappa shape index (κ3) is 2.49. The van der Waals surface area contributed by atoms with Crippen LogP contribution in [-0.4, -0.2) is 9.97 Å². The van der Waals surface area contributed by atoms with Gasteiger partial charge in [0.25, 0.3) is 0 Å². The number of fused-ring (bicyclic) bond motifs is 1. The van der Waals surface area contributed by atoms with Crippen LogP contribution in [0.2, 0.25) is 0 Å². The van der Waals surface area contributed by atoms with Crippen molar-refractivity contribution in [1.82, 2.24) is 15.3 Å². The molecule has 1 aliphatic rings.